The van der Waals surface area contributed by atoms with Crippen LogP contribution in [0.3, 0.4) is 0 Å². The van der Waals surface area contributed by atoms with Crippen LogP contribution in [0.4, 0.5) is 0 Å². The first-order valence-electron chi connectivity index (χ1n) is 7.13. The fourth-order valence-electron chi connectivity index (χ4n) is 2.79. The van der Waals surface area contributed by atoms with Crippen molar-refractivity contribution in [3.63, 3.8) is 0 Å². The molecule has 2 rings (SSSR count). The number of nitrogens with zero attached hydrogens (tertiary/aromatic N) is 1. The van der Waals surface area contributed by atoms with Gasteiger partial charge < -0.3 is 0 Å². The first-order valence-corrected chi connectivity index (χ1v) is 10.6. The maximum Gasteiger partial charge on any atom is 0.0775 e. The van der Waals surface area contributed by atoms with Crippen LogP contribution >= 0.6 is 0 Å². The molecule has 1 fully saturated rings. The summed E-state index contributed by atoms with van der Waals surface area (Å²) in [5.74, 6) is 0. The maximum atomic E-state index is 2.62. The van der Waals surface area contributed by atoms with Crippen molar-refractivity contribution in [3.8, 4) is 0 Å². The fourth-order valence-corrected chi connectivity index (χ4v) is 3.95. The molecule has 18 heavy (non-hydrogen) atoms. The molecule has 0 amide bonds. The third kappa shape index (κ3) is 3.04. The van der Waals surface area contributed by atoms with E-state index in [9.17, 15) is 0 Å². The average Bonchev–Trinajstić information content (AvgIpc) is 2.58. The Labute approximate surface area is 113 Å². The lowest BCUT2D eigenvalue weighted by molar-refractivity contribution is 0.166. The molecule has 100 valence electrons. The first kappa shape index (κ1) is 13.8. The molecule has 2 heteroatoms. The van der Waals surface area contributed by atoms with Crippen molar-refractivity contribution in [1.82, 2.24) is 4.90 Å². The van der Waals surface area contributed by atoms with E-state index < -0.39 is 8.07 Å². The van der Waals surface area contributed by atoms with Gasteiger partial charge in [0.2, 0.25) is 0 Å². The van der Waals surface area contributed by atoms with E-state index in [1.54, 1.807) is 5.19 Å². The van der Waals surface area contributed by atoms with E-state index in [4.69, 9.17) is 0 Å². The van der Waals surface area contributed by atoms with Crippen LogP contribution in [0.15, 0.2) is 24.3 Å². The molecule has 0 spiro atoms. The highest BCUT2D eigenvalue weighted by molar-refractivity contribution is 6.88. The van der Waals surface area contributed by atoms with Gasteiger partial charge in [-0.1, -0.05) is 49.1 Å². The molecule has 0 radical (unpaired) electrons. The molecule has 1 aromatic carbocycles. The van der Waals surface area contributed by atoms with Crippen LogP contribution in [0.5, 0.6) is 0 Å². The molecule has 1 saturated heterocycles. The predicted octanol–water partition coefficient (Wildman–Crippen LogP) is 3.61. The van der Waals surface area contributed by atoms with Crippen molar-refractivity contribution < 1.29 is 0 Å². The van der Waals surface area contributed by atoms with Gasteiger partial charge in [0.05, 0.1) is 8.07 Å². The summed E-state index contributed by atoms with van der Waals surface area (Å²) in [7, 11) is -1.14. The van der Waals surface area contributed by atoms with E-state index in [1.807, 2.05) is 0 Å². The monoisotopic (exact) mass is 261 g/mol. The molecular weight excluding hydrogens is 234 g/mol. The minimum atomic E-state index is -1.14. The van der Waals surface area contributed by atoms with Crippen molar-refractivity contribution in [3.05, 3.63) is 29.8 Å². The summed E-state index contributed by atoms with van der Waals surface area (Å²) in [5.41, 5.74) is 1.85. The van der Waals surface area contributed by atoms with E-state index in [2.05, 4.69) is 62.7 Å². The van der Waals surface area contributed by atoms with Crippen LogP contribution < -0.4 is 5.19 Å². The van der Waals surface area contributed by atoms with Gasteiger partial charge in [0, 0.05) is 12.1 Å². The zero-order chi connectivity index (χ0) is 13.4. The summed E-state index contributed by atoms with van der Waals surface area (Å²) in [6.07, 6.45) is 2.68. The number of hydrogen-bond donors (Lipinski definition) is 0. The second kappa shape index (κ2) is 4.82. The largest absolute Gasteiger partial charge is 0.294 e. The number of likely N-dealkylation sites (tertiary alicyclic amines) is 1. The number of hydrogen-bond acceptors (Lipinski definition) is 1. The zero-order valence-corrected chi connectivity index (χ0v) is 13.6. The lowest BCUT2D eigenvalue weighted by atomic mass is 10.0. The second-order valence-electron chi connectivity index (χ2n) is 7.28. The van der Waals surface area contributed by atoms with Crippen molar-refractivity contribution in [2.24, 2.45) is 0 Å². The highest BCUT2D eigenvalue weighted by atomic mass is 28.3. The Morgan fingerprint density at radius 1 is 1.11 bits per heavy atom. The Morgan fingerprint density at radius 2 is 1.72 bits per heavy atom. The standard InChI is InChI=1S/C16H27NSi/c1-16(2)11-6-12-17(16)13-14-7-9-15(10-8-14)18(3,4)5/h7-10H,6,11-13H2,1-5H3. The fraction of sp³-hybridized carbons (Fsp3) is 0.625. The molecule has 1 aromatic rings. The first-order chi connectivity index (χ1) is 8.29. The molecule has 0 atom stereocenters. The van der Waals surface area contributed by atoms with Crippen LogP contribution in [0.1, 0.15) is 32.3 Å². The Balaban J connectivity index is 2.07. The van der Waals surface area contributed by atoms with Gasteiger partial charge in [-0.05, 0) is 38.8 Å². The molecule has 1 aliphatic heterocycles. The van der Waals surface area contributed by atoms with Gasteiger partial charge in [-0.3, -0.25) is 4.90 Å². The van der Waals surface area contributed by atoms with Crippen LogP contribution in [0.2, 0.25) is 19.6 Å². The van der Waals surface area contributed by atoms with Crippen LogP contribution in [-0.4, -0.2) is 25.1 Å². The number of benzene rings is 1. The van der Waals surface area contributed by atoms with E-state index in [1.165, 1.54) is 24.9 Å². The lowest BCUT2D eigenvalue weighted by Crippen LogP contribution is -2.38. The Hall–Kier alpha value is -0.603. The number of rotatable bonds is 3. The third-order valence-corrected chi connectivity index (χ3v) is 6.33. The van der Waals surface area contributed by atoms with Crippen LogP contribution in [-0.2, 0) is 6.54 Å². The van der Waals surface area contributed by atoms with Crippen LogP contribution in [0, 0.1) is 0 Å². The Morgan fingerprint density at radius 3 is 2.17 bits per heavy atom. The molecule has 1 aliphatic rings. The minimum Gasteiger partial charge on any atom is -0.294 e. The van der Waals surface area contributed by atoms with Gasteiger partial charge in [-0.25, -0.2) is 0 Å². The smallest absolute Gasteiger partial charge is 0.0775 e. The average molecular weight is 261 g/mol. The van der Waals surface area contributed by atoms with Crippen molar-refractivity contribution in [2.45, 2.75) is 58.4 Å². The summed E-state index contributed by atoms with van der Waals surface area (Å²) in [4.78, 5) is 2.62. The molecule has 1 heterocycles. The van der Waals surface area contributed by atoms with Crippen molar-refractivity contribution in [2.75, 3.05) is 6.54 Å². The van der Waals surface area contributed by atoms with E-state index >= 15 is 0 Å². The highest BCUT2D eigenvalue weighted by Gasteiger charge is 2.31. The van der Waals surface area contributed by atoms with Crippen molar-refractivity contribution in [1.29, 1.82) is 0 Å². The maximum absolute atomic E-state index is 2.62. The third-order valence-electron chi connectivity index (χ3n) is 4.27. The van der Waals surface area contributed by atoms with E-state index in [0.29, 0.717) is 5.54 Å². The van der Waals surface area contributed by atoms with Gasteiger partial charge in [0.25, 0.3) is 0 Å². The van der Waals surface area contributed by atoms with Gasteiger partial charge in [-0.15, -0.1) is 0 Å². The summed E-state index contributed by atoms with van der Waals surface area (Å²) in [5, 5.41) is 1.56. The molecule has 1 nitrogen and oxygen atoms in total. The van der Waals surface area contributed by atoms with E-state index in [0.717, 1.165) is 6.54 Å². The quantitative estimate of drug-likeness (QED) is 0.751. The lowest BCUT2D eigenvalue weighted by Gasteiger charge is -2.31. The topological polar surface area (TPSA) is 3.24 Å². The molecular formula is C16H27NSi. The normalized spacial score (nSPS) is 20.3. The Kier molecular flexibility index (Phi) is 3.70. The summed E-state index contributed by atoms with van der Waals surface area (Å²) >= 11 is 0. The molecule has 0 saturated carbocycles. The molecule has 0 aliphatic carbocycles. The zero-order valence-electron chi connectivity index (χ0n) is 12.6. The summed E-state index contributed by atoms with van der Waals surface area (Å²) in [6, 6.07) is 9.37. The second-order valence-corrected chi connectivity index (χ2v) is 12.4. The highest BCUT2D eigenvalue weighted by Crippen LogP contribution is 2.29. The molecule has 0 aromatic heterocycles. The predicted molar refractivity (Wildman–Crippen MR) is 83.1 cm³/mol. The summed E-state index contributed by atoms with van der Waals surface area (Å²) < 4.78 is 0. The van der Waals surface area contributed by atoms with Crippen LogP contribution in [0.25, 0.3) is 0 Å². The molecule has 0 bridgehead atoms. The van der Waals surface area contributed by atoms with Gasteiger partial charge in [0.1, 0.15) is 0 Å². The minimum absolute atomic E-state index is 0.386. The SMILES string of the molecule is CC1(C)CCCN1Cc1ccc([Si](C)(C)C)cc1. The Bertz CT molecular complexity index is 400. The van der Waals surface area contributed by atoms with Crippen molar-refractivity contribution >= 4 is 13.3 Å². The molecule has 0 unspecified atom stereocenters. The van der Waals surface area contributed by atoms with Gasteiger partial charge in [0.15, 0.2) is 0 Å². The summed E-state index contributed by atoms with van der Waals surface area (Å²) in [6.45, 7) is 14.3. The van der Waals surface area contributed by atoms with Gasteiger partial charge in [-0.2, -0.15) is 0 Å². The van der Waals surface area contributed by atoms with E-state index in [-0.39, 0.29) is 0 Å². The van der Waals surface area contributed by atoms with Gasteiger partial charge >= 0.3 is 0 Å². The molecule has 0 N–H and O–H groups in total.